The van der Waals surface area contributed by atoms with Crippen LogP contribution < -0.4 is 5.32 Å². The van der Waals surface area contributed by atoms with Crippen LogP contribution in [-0.2, 0) is 11.3 Å². The molecule has 3 heteroatoms. The van der Waals surface area contributed by atoms with E-state index < -0.39 is 0 Å². The van der Waals surface area contributed by atoms with Crippen LogP contribution in [-0.4, -0.2) is 23.9 Å². The molecule has 0 bridgehead atoms. The number of piperidine rings is 1. The quantitative estimate of drug-likeness (QED) is 0.800. The smallest absolute Gasteiger partial charge is 0.223 e. The predicted molar refractivity (Wildman–Crippen MR) is 112 cm³/mol. The van der Waals surface area contributed by atoms with Crippen LogP contribution in [0.25, 0.3) is 0 Å². The number of likely N-dealkylation sites (tertiary alicyclic amines) is 1. The first-order valence-corrected chi connectivity index (χ1v) is 10.2. The zero-order chi connectivity index (χ0) is 19.2. The first kappa shape index (κ1) is 19.6. The second kappa shape index (κ2) is 9.18. The van der Waals surface area contributed by atoms with E-state index in [1.54, 1.807) is 0 Å². The van der Waals surface area contributed by atoms with Crippen LogP contribution in [0.4, 0.5) is 0 Å². The molecule has 1 unspecified atom stereocenters. The van der Waals surface area contributed by atoms with Gasteiger partial charge in [-0.3, -0.25) is 9.69 Å². The van der Waals surface area contributed by atoms with Crippen molar-refractivity contribution in [2.75, 3.05) is 13.1 Å². The highest BCUT2D eigenvalue weighted by Crippen LogP contribution is 2.22. The van der Waals surface area contributed by atoms with Gasteiger partial charge < -0.3 is 5.32 Å². The summed E-state index contributed by atoms with van der Waals surface area (Å²) in [7, 11) is 0. The Morgan fingerprint density at radius 1 is 1.00 bits per heavy atom. The molecule has 3 nitrogen and oxygen atoms in total. The van der Waals surface area contributed by atoms with Gasteiger partial charge in [-0.1, -0.05) is 66.6 Å². The number of aryl methyl sites for hydroxylation is 2. The molecule has 1 fully saturated rings. The van der Waals surface area contributed by atoms with Crippen molar-refractivity contribution in [3.05, 3.63) is 70.8 Å². The van der Waals surface area contributed by atoms with Gasteiger partial charge in [0, 0.05) is 12.5 Å². The van der Waals surface area contributed by atoms with Crippen molar-refractivity contribution in [2.24, 2.45) is 5.92 Å². The Labute approximate surface area is 163 Å². The van der Waals surface area contributed by atoms with E-state index >= 15 is 0 Å². The third kappa shape index (κ3) is 5.43. The van der Waals surface area contributed by atoms with Crippen LogP contribution in [0.1, 0.15) is 54.5 Å². The second-order valence-electron chi connectivity index (χ2n) is 7.92. The van der Waals surface area contributed by atoms with Gasteiger partial charge in [-0.2, -0.15) is 0 Å². The van der Waals surface area contributed by atoms with Crippen LogP contribution in [0.3, 0.4) is 0 Å². The van der Waals surface area contributed by atoms with Gasteiger partial charge in [0.2, 0.25) is 5.91 Å². The summed E-state index contributed by atoms with van der Waals surface area (Å²) in [5, 5.41) is 3.29. The van der Waals surface area contributed by atoms with E-state index in [2.05, 4.69) is 79.5 Å². The fraction of sp³-hybridized carbons (Fsp3) is 0.458. The Morgan fingerprint density at radius 2 is 1.56 bits per heavy atom. The molecule has 0 saturated carbocycles. The lowest BCUT2D eigenvalue weighted by Gasteiger charge is -2.32. The number of rotatable bonds is 6. The summed E-state index contributed by atoms with van der Waals surface area (Å²) in [5.74, 6) is 0.358. The van der Waals surface area contributed by atoms with Crippen LogP contribution in [0.5, 0.6) is 0 Å². The van der Waals surface area contributed by atoms with Gasteiger partial charge >= 0.3 is 0 Å². The van der Waals surface area contributed by atoms with E-state index in [1.165, 1.54) is 22.3 Å². The molecular formula is C24H32N2O. The van der Waals surface area contributed by atoms with E-state index in [4.69, 9.17) is 0 Å². The normalized spacial score (nSPS) is 16.9. The zero-order valence-electron chi connectivity index (χ0n) is 16.9. The molecule has 0 aromatic heterocycles. The Morgan fingerprint density at radius 3 is 2.11 bits per heavy atom. The number of hydrogen-bond donors (Lipinski definition) is 1. The van der Waals surface area contributed by atoms with E-state index in [1.807, 2.05) is 0 Å². The van der Waals surface area contributed by atoms with Crippen molar-refractivity contribution in [2.45, 2.75) is 52.6 Å². The average molecular weight is 365 g/mol. The lowest BCUT2D eigenvalue weighted by Crippen LogP contribution is -2.41. The first-order valence-electron chi connectivity index (χ1n) is 10.2. The molecule has 1 aliphatic heterocycles. The molecule has 1 N–H and O–H groups in total. The van der Waals surface area contributed by atoms with Crippen molar-refractivity contribution < 1.29 is 4.79 Å². The maximum Gasteiger partial charge on any atom is 0.223 e. The largest absolute Gasteiger partial charge is 0.349 e. The first-order chi connectivity index (χ1) is 13.0. The summed E-state index contributed by atoms with van der Waals surface area (Å²) in [6.45, 7) is 9.31. The van der Waals surface area contributed by atoms with Gasteiger partial charge in [0.05, 0.1) is 6.04 Å². The molecule has 3 rings (SSSR count). The number of hydrogen-bond acceptors (Lipinski definition) is 2. The fourth-order valence-electron chi connectivity index (χ4n) is 3.81. The fourth-order valence-corrected chi connectivity index (χ4v) is 3.81. The van der Waals surface area contributed by atoms with Gasteiger partial charge in [0.15, 0.2) is 0 Å². The molecule has 27 heavy (non-hydrogen) atoms. The molecule has 1 atom stereocenters. The Hall–Kier alpha value is -2.13. The molecule has 1 heterocycles. The molecular weight excluding hydrogens is 332 g/mol. The Balaban J connectivity index is 1.50. The van der Waals surface area contributed by atoms with E-state index in [-0.39, 0.29) is 17.9 Å². The summed E-state index contributed by atoms with van der Waals surface area (Å²) < 4.78 is 0. The summed E-state index contributed by atoms with van der Waals surface area (Å²) in [4.78, 5) is 15.2. The summed E-state index contributed by atoms with van der Waals surface area (Å²) in [6.07, 6.45) is 2.81. The number of carbonyl (C=O) groups excluding carboxylic acids is 1. The lowest BCUT2D eigenvalue weighted by molar-refractivity contribution is -0.127. The molecule has 2 aromatic rings. The summed E-state index contributed by atoms with van der Waals surface area (Å²) in [5.41, 5.74) is 5.11. The monoisotopic (exact) mass is 364 g/mol. The number of amides is 1. The van der Waals surface area contributed by atoms with E-state index in [0.717, 1.165) is 38.9 Å². The van der Waals surface area contributed by atoms with Gasteiger partial charge in [0.25, 0.3) is 0 Å². The van der Waals surface area contributed by atoms with Crippen molar-refractivity contribution in [1.29, 1.82) is 0 Å². The summed E-state index contributed by atoms with van der Waals surface area (Å²) >= 11 is 0. The van der Waals surface area contributed by atoms with Crippen molar-refractivity contribution in [3.63, 3.8) is 0 Å². The molecule has 0 radical (unpaired) electrons. The lowest BCUT2D eigenvalue weighted by atomic mass is 9.94. The molecule has 0 aliphatic carbocycles. The van der Waals surface area contributed by atoms with Gasteiger partial charge in [0.1, 0.15) is 0 Å². The molecule has 2 aromatic carbocycles. The average Bonchev–Trinajstić information content (AvgIpc) is 2.69. The van der Waals surface area contributed by atoms with Crippen LogP contribution in [0, 0.1) is 19.8 Å². The minimum Gasteiger partial charge on any atom is -0.349 e. The third-order valence-electron chi connectivity index (χ3n) is 5.69. The summed E-state index contributed by atoms with van der Waals surface area (Å²) in [6, 6.07) is 17.4. The number of carbonyl (C=O) groups is 1. The van der Waals surface area contributed by atoms with Gasteiger partial charge in [-0.25, -0.2) is 0 Å². The van der Waals surface area contributed by atoms with Crippen molar-refractivity contribution in [1.82, 2.24) is 10.2 Å². The maximum absolute atomic E-state index is 12.8. The van der Waals surface area contributed by atoms with Gasteiger partial charge in [-0.15, -0.1) is 0 Å². The Bertz CT molecular complexity index is 728. The molecule has 144 valence electrons. The molecule has 1 saturated heterocycles. The minimum absolute atomic E-state index is 0.115. The highest BCUT2D eigenvalue weighted by Gasteiger charge is 2.26. The third-order valence-corrected chi connectivity index (χ3v) is 5.69. The molecule has 1 amide bonds. The number of benzene rings is 2. The van der Waals surface area contributed by atoms with E-state index in [9.17, 15) is 4.79 Å². The maximum atomic E-state index is 12.8. The number of nitrogens with one attached hydrogen (secondary N) is 1. The highest BCUT2D eigenvalue weighted by molar-refractivity contribution is 5.79. The molecule has 0 spiro atoms. The van der Waals surface area contributed by atoms with Gasteiger partial charge in [-0.05, 0) is 57.3 Å². The minimum atomic E-state index is 0.115. The van der Waals surface area contributed by atoms with E-state index in [0.29, 0.717) is 0 Å². The highest BCUT2D eigenvalue weighted by atomic mass is 16.1. The van der Waals surface area contributed by atoms with Crippen LogP contribution in [0.15, 0.2) is 48.5 Å². The predicted octanol–water partition coefficient (Wildman–Crippen LogP) is 4.78. The zero-order valence-corrected chi connectivity index (χ0v) is 16.9. The standard InChI is InChI=1S/C24H32N2O/c1-4-23(21-11-7-19(3)8-12-21)25-24(27)22-13-15-26(16-14-22)17-20-9-5-18(2)6-10-20/h5-12,22-23H,4,13-17H2,1-3H3,(H,25,27). The Kier molecular flexibility index (Phi) is 6.68. The molecule has 1 aliphatic rings. The van der Waals surface area contributed by atoms with Crippen LogP contribution in [0.2, 0.25) is 0 Å². The SMILES string of the molecule is CCC(NC(=O)C1CCN(Cc2ccc(C)cc2)CC1)c1ccc(C)cc1. The number of nitrogens with zero attached hydrogens (tertiary/aromatic N) is 1. The topological polar surface area (TPSA) is 32.3 Å². The van der Waals surface area contributed by atoms with Crippen molar-refractivity contribution >= 4 is 5.91 Å². The van der Waals surface area contributed by atoms with Crippen molar-refractivity contribution in [3.8, 4) is 0 Å². The second-order valence-corrected chi connectivity index (χ2v) is 7.92. The van der Waals surface area contributed by atoms with Crippen LogP contribution >= 0.6 is 0 Å².